The number of hydrogen-bond donors (Lipinski definition) is 1. The molecule has 0 aliphatic rings. The Morgan fingerprint density at radius 3 is 2.53 bits per heavy atom. The summed E-state index contributed by atoms with van der Waals surface area (Å²) in [6.45, 7) is 3.98. The van der Waals surface area contributed by atoms with Gasteiger partial charge in [-0.05, 0) is 48.7 Å². The summed E-state index contributed by atoms with van der Waals surface area (Å²) in [7, 11) is 0. The van der Waals surface area contributed by atoms with Gasteiger partial charge in [0.05, 0.1) is 10.7 Å². The molecule has 2 nitrogen and oxygen atoms in total. The van der Waals surface area contributed by atoms with Crippen molar-refractivity contribution < 1.29 is 4.74 Å². The Morgan fingerprint density at radius 2 is 1.84 bits per heavy atom. The number of ether oxygens (including phenoxy) is 1. The molecule has 0 heterocycles. The standard InChI is InChI=1S/C15H15Cl2NO/c1-3-10-7-11(4-5-12(10)16)19-15-8-13(17)14(18)6-9(15)2/h4-8H,3,18H2,1-2H3. The van der Waals surface area contributed by atoms with Crippen LogP contribution < -0.4 is 10.5 Å². The van der Waals surface area contributed by atoms with E-state index in [0.717, 1.165) is 28.3 Å². The van der Waals surface area contributed by atoms with E-state index in [4.69, 9.17) is 33.7 Å². The summed E-state index contributed by atoms with van der Waals surface area (Å²) < 4.78 is 5.84. The van der Waals surface area contributed by atoms with Crippen molar-refractivity contribution >= 4 is 28.9 Å². The summed E-state index contributed by atoms with van der Waals surface area (Å²) >= 11 is 12.1. The highest BCUT2D eigenvalue weighted by atomic mass is 35.5. The van der Waals surface area contributed by atoms with E-state index in [-0.39, 0.29) is 0 Å². The third-order valence-electron chi connectivity index (χ3n) is 2.92. The molecule has 0 atom stereocenters. The first-order valence-corrected chi connectivity index (χ1v) is 6.78. The Balaban J connectivity index is 2.33. The van der Waals surface area contributed by atoms with Crippen LogP contribution in [0, 0.1) is 6.92 Å². The van der Waals surface area contributed by atoms with Crippen molar-refractivity contribution in [3.05, 3.63) is 51.5 Å². The Bertz CT molecular complexity index is 611. The summed E-state index contributed by atoms with van der Waals surface area (Å²) in [5.41, 5.74) is 8.29. The lowest BCUT2D eigenvalue weighted by atomic mass is 10.1. The Morgan fingerprint density at radius 1 is 1.11 bits per heavy atom. The van der Waals surface area contributed by atoms with Gasteiger partial charge in [-0.15, -0.1) is 0 Å². The second-order valence-corrected chi connectivity index (χ2v) is 5.16. The van der Waals surface area contributed by atoms with Crippen molar-refractivity contribution in [2.24, 2.45) is 0 Å². The molecule has 100 valence electrons. The minimum absolute atomic E-state index is 0.491. The Labute approximate surface area is 123 Å². The van der Waals surface area contributed by atoms with Gasteiger partial charge in [-0.25, -0.2) is 0 Å². The zero-order valence-corrected chi connectivity index (χ0v) is 12.3. The van der Waals surface area contributed by atoms with Gasteiger partial charge in [0.25, 0.3) is 0 Å². The first-order chi connectivity index (χ1) is 9.01. The van der Waals surface area contributed by atoms with Crippen LogP contribution in [0.25, 0.3) is 0 Å². The lowest BCUT2D eigenvalue weighted by Crippen LogP contribution is -1.93. The molecule has 2 aromatic rings. The van der Waals surface area contributed by atoms with Crippen LogP contribution in [0.15, 0.2) is 30.3 Å². The molecule has 0 unspecified atom stereocenters. The van der Waals surface area contributed by atoms with Gasteiger partial charge in [-0.2, -0.15) is 0 Å². The SMILES string of the molecule is CCc1cc(Oc2cc(Cl)c(N)cc2C)ccc1Cl. The molecule has 0 fully saturated rings. The molecule has 0 saturated carbocycles. The third-order valence-corrected chi connectivity index (χ3v) is 3.62. The summed E-state index contributed by atoms with van der Waals surface area (Å²) in [6.07, 6.45) is 0.859. The summed E-state index contributed by atoms with van der Waals surface area (Å²) in [4.78, 5) is 0. The van der Waals surface area contributed by atoms with E-state index < -0.39 is 0 Å². The highest BCUT2D eigenvalue weighted by molar-refractivity contribution is 6.33. The highest BCUT2D eigenvalue weighted by Crippen LogP contribution is 2.33. The number of nitrogen functional groups attached to an aromatic ring is 1. The largest absolute Gasteiger partial charge is 0.457 e. The maximum Gasteiger partial charge on any atom is 0.131 e. The van der Waals surface area contributed by atoms with Crippen molar-refractivity contribution in [1.29, 1.82) is 0 Å². The number of anilines is 1. The van der Waals surface area contributed by atoms with E-state index in [2.05, 4.69) is 6.92 Å². The topological polar surface area (TPSA) is 35.2 Å². The van der Waals surface area contributed by atoms with E-state index in [0.29, 0.717) is 16.5 Å². The van der Waals surface area contributed by atoms with Crippen molar-refractivity contribution in [3.8, 4) is 11.5 Å². The number of rotatable bonds is 3. The fraction of sp³-hybridized carbons (Fsp3) is 0.200. The second kappa shape index (κ2) is 5.72. The van der Waals surface area contributed by atoms with Crippen LogP contribution in [-0.4, -0.2) is 0 Å². The van der Waals surface area contributed by atoms with Crippen molar-refractivity contribution in [2.75, 3.05) is 5.73 Å². The Hall–Kier alpha value is -1.38. The molecule has 2 aromatic carbocycles. The van der Waals surface area contributed by atoms with Crippen LogP contribution in [0.2, 0.25) is 10.0 Å². The van der Waals surface area contributed by atoms with Crippen LogP contribution in [-0.2, 0) is 6.42 Å². The summed E-state index contributed by atoms with van der Waals surface area (Å²) in [5, 5.41) is 1.24. The number of aryl methyl sites for hydroxylation is 2. The van der Waals surface area contributed by atoms with Gasteiger partial charge in [0.2, 0.25) is 0 Å². The van der Waals surface area contributed by atoms with Gasteiger partial charge in [0.15, 0.2) is 0 Å². The monoisotopic (exact) mass is 295 g/mol. The van der Waals surface area contributed by atoms with Crippen LogP contribution in [0.5, 0.6) is 11.5 Å². The van der Waals surface area contributed by atoms with Gasteiger partial charge in [0, 0.05) is 11.1 Å². The molecule has 4 heteroatoms. The predicted octanol–water partition coefficient (Wildman–Crippen LogP) is 5.24. The molecule has 0 amide bonds. The van der Waals surface area contributed by atoms with Crippen LogP contribution in [0.1, 0.15) is 18.1 Å². The van der Waals surface area contributed by atoms with Crippen LogP contribution >= 0.6 is 23.2 Å². The van der Waals surface area contributed by atoms with E-state index in [9.17, 15) is 0 Å². The van der Waals surface area contributed by atoms with E-state index in [1.807, 2.05) is 25.1 Å². The first kappa shape index (κ1) is 14.0. The summed E-state index contributed by atoms with van der Waals surface area (Å²) in [5.74, 6) is 1.44. The molecule has 0 radical (unpaired) electrons. The second-order valence-electron chi connectivity index (χ2n) is 4.35. The van der Waals surface area contributed by atoms with E-state index >= 15 is 0 Å². The fourth-order valence-corrected chi connectivity index (χ4v) is 2.21. The van der Waals surface area contributed by atoms with Gasteiger partial charge < -0.3 is 10.5 Å². The molecule has 2 rings (SSSR count). The molecule has 0 saturated heterocycles. The van der Waals surface area contributed by atoms with Crippen molar-refractivity contribution in [2.45, 2.75) is 20.3 Å². The average Bonchev–Trinajstić information content (AvgIpc) is 2.38. The van der Waals surface area contributed by atoms with Crippen molar-refractivity contribution in [3.63, 3.8) is 0 Å². The van der Waals surface area contributed by atoms with Gasteiger partial charge in [-0.3, -0.25) is 0 Å². The number of benzene rings is 2. The Kier molecular flexibility index (Phi) is 4.23. The molecule has 0 spiro atoms. The lowest BCUT2D eigenvalue weighted by molar-refractivity contribution is 0.478. The highest BCUT2D eigenvalue weighted by Gasteiger charge is 2.07. The minimum atomic E-state index is 0.491. The first-order valence-electron chi connectivity index (χ1n) is 6.03. The average molecular weight is 296 g/mol. The molecule has 0 aromatic heterocycles. The van der Waals surface area contributed by atoms with Crippen molar-refractivity contribution in [1.82, 2.24) is 0 Å². The molecule has 2 N–H and O–H groups in total. The minimum Gasteiger partial charge on any atom is -0.457 e. The summed E-state index contributed by atoms with van der Waals surface area (Å²) in [6, 6.07) is 9.14. The molecule has 0 bridgehead atoms. The van der Waals surface area contributed by atoms with E-state index in [1.54, 1.807) is 12.1 Å². The van der Waals surface area contributed by atoms with Crippen LogP contribution in [0.3, 0.4) is 0 Å². The number of halogens is 2. The zero-order chi connectivity index (χ0) is 14.0. The maximum atomic E-state index is 6.08. The maximum absolute atomic E-state index is 6.08. The molecular formula is C15H15Cl2NO. The predicted molar refractivity (Wildman–Crippen MR) is 81.5 cm³/mol. The third kappa shape index (κ3) is 3.14. The molecule has 0 aliphatic heterocycles. The number of hydrogen-bond acceptors (Lipinski definition) is 2. The van der Waals surface area contributed by atoms with Gasteiger partial charge in [0.1, 0.15) is 11.5 Å². The number of nitrogens with two attached hydrogens (primary N) is 1. The molecule has 0 aliphatic carbocycles. The van der Waals surface area contributed by atoms with Gasteiger partial charge >= 0.3 is 0 Å². The lowest BCUT2D eigenvalue weighted by Gasteiger charge is -2.12. The smallest absolute Gasteiger partial charge is 0.131 e. The van der Waals surface area contributed by atoms with Crippen LogP contribution in [0.4, 0.5) is 5.69 Å². The normalized spacial score (nSPS) is 10.5. The quantitative estimate of drug-likeness (QED) is 0.786. The molecular weight excluding hydrogens is 281 g/mol. The molecule has 19 heavy (non-hydrogen) atoms. The van der Waals surface area contributed by atoms with E-state index in [1.165, 1.54) is 0 Å². The zero-order valence-electron chi connectivity index (χ0n) is 10.8. The fourth-order valence-electron chi connectivity index (χ4n) is 1.81. The van der Waals surface area contributed by atoms with Gasteiger partial charge in [-0.1, -0.05) is 30.1 Å².